The predicted octanol–water partition coefficient (Wildman–Crippen LogP) is 1.74. The molecule has 0 radical (unpaired) electrons. The van der Waals surface area contributed by atoms with Crippen LogP contribution in [0.1, 0.15) is 24.8 Å². The van der Waals surface area contributed by atoms with Crippen LogP contribution in [0.3, 0.4) is 0 Å². The summed E-state index contributed by atoms with van der Waals surface area (Å²) in [5, 5.41) is 8.96. The molecule has 0 atom stereocenters. The third kappa shape index (κ3) is 2.63. The van der Waals surface area contributed by atoms with Crippen LogP contribution in [0.5, 0.6) is 5.75 Å². The van der Waals surface area contributed by atoms with E-state index in [1.165, 1.54) is 13.2 Å². The van der Waals surface area contributed by atoms with E-state index in [9.17, 15) is 17.6 Å². The largest absolute Gasteiger partial charge is 0.495 e. The SMILES string of the molecule is COc1c(C2(CC(=O)O)CC2)cc(F)cc1S(C)(=O)=O. The summed E-state index contributed by atoms with van der Waals surface area (Å²) < 4.78 is 42.3. The van der Waals surface area contributed by atoms with Crippen LogP contribution in [0.4, 0.5) is 4.39 Å². The Kier molecular flexibility index (Phi) is 3.49. The van der Waals surface area contributed by atoms with Crippen molar-refractivity contribution >= 4 is 15.8 Å². The van der Waals surface area contributed by atoms with Crippen molar-refractivity contribution < 1.29 is 27.4 Å². The lowest BCUT2D eigenvalue weighted by Crippen LogP contribution is -2.16. The van der Waals surface area contributed by atoms with Crippen LogP contribution in [0.15, 0.2) is 17.0 Å². The second-order valence-corrected chi connectivity index (χ2v) is 7.09. The van der Waals surface area contributed by atoms with Crippen molar-refractivity contribution in [2.45, 2.75) is 29.6 Å². The first-order valence-corrected chi connectivity index (χ1v) is 7.89. The normalized spacial score (nSPS) is 16.8. The standard InChI is InChI=1S/C13H15FO5S/c1-19-12-9(13(3-4-13)7-11(15)16)5-8(14)6-10(12)20(2,17)18/h5-6H,3-4,7H2,1-2H3,(H,15,16). The number of ether oxygens (including phenoxy) is 1. The first-order chi connectivity index (χ1) is 9.19. The highest BCUT2D eigenvalue weighted by Crippen LogP contribution is 2.55. The fourth-order valence-corrected chi connectivity index (χ4v) is 3.29. The van der Waals surface area contributed by atoms with Crippen LogP contribution >= 0.6 is 0 Å². The second-order valence-electron chi connectivity index (χ2n) is 5.11. The molecule has 7 heteroatoms. The number of methoxy groups -OCH3 is 1. The van der Waals surface area contributed by atoms with Gasteiger partial charge in [-0.25, -0.2) is 12.8 Å². The van der Waals surface area contributed by atoms with Crippen molar-refractivity contribution in [3.63, 3.8) is 0 Å². The Balaban J connectivity index is 2.65. The first kappa shape index (κ1) is 14.8. The van der Waals surface area contributed by atoms with Crippen LogP contribution in [0.2, 0.25) is 0 Å². The van der Waals surface area contributed by atoms with Crippen LogP contribution < -0.4 is 4.74 Å². The topological polar surface area (TPSA) is 80.7 Å². The molecule has 1 N–H and O–H groups in total. The fraction of sp³-hybridized carbons (Fsp3) is 0.462. The van der Waals surface area contributed by atoms with Gasteiger partial charge in [0.2, 0.25) is 0 Å². The molecule has 1 aliphatic rings. The lowest BCUT2D eigenvalue weighted by molar-refractivity contribution is -0.137. The van der Waals surface area contributed by atoms with Gasteiger partial charge >= 0.3 is 5.97 Å². The molecule has 0 unspecified atom stereocenters. The molecule has 0 saturated heterocycles. The Morgan fingerprint density at radius 2 is 2.05 bits per heavy atom. The molecule has 0 bridgehead atoms. The summed E-state index contributed by atoms with van der Waals surface area (Å²) in [4.78, 5) is 10.7. The average Bonchev–Trinajstić information content (AvgIpc) is 3.06. The Labute approximate surface area is 116 Å². The van der Waals surface area contributed by atoms with Gasteiger partial charge in [-0.2, -0.15) is 0 Å². The van der Waals surface area contributed by atoms with E-state index in [0.717, 1.165) is 12.3 Å². The maximum atomic E-state index is 13.7. The van der Waals surface area contributed by atoms with E-state index in [4.69, 9.17) is 9.84 Å². The van der Waals surface area contributed by atoms with Gasteiger partial charge in [-0.05, 0) is 25.0 Å². The molecule has 110 valence electrons. The van der Waals surface area contributed by atoms with Crippen LogP contribution in [0.25, 0.3) is 0 Å². The number of rotatable bonds is 5. The second kappa shape index (κ2) is 4.73. The van der Waals surface area contributed by atoms with Gasteiger partial charge in [-0.1, -0.05) is 0 Å². The molecule has 20 heavy (non-hydrogen) atoms. The zero-order valence-electron chi connectivity index (χ0n) is 11.1. The van der Waals surface area contributed by atoms with Crippen LogP contribution in [0, 0.1) is 5.82 Å². The molecule has 5 nitrogen and oxygen atoms in total. The zero-order valence-corrected chi connectivity index (χ0v) is 12.0. The summed E-state index contributed by atoms with van der Waals surface area (Å²) in [6.07, 6.45) is 1.94. The van der Waals surface area contributed by atoms with Gasteiger partial charge in [0.25, 0.3) is 0 Å². The molecule has 0 amide bonds. The van der Waals surface area contributed by atoms with Crippen molar-refractivity contribution in [2.24, 2.45) is 0 Å². The van der Waals surface area contributed by atoms with Gasteiger partial charge in [-0.15, -0.1) is 0 Å². The molecule has 1 aromatic rings. The molecule has 1 aliphatic carbocycles. The molecule has 1 aromatic carbocycles. The predicted molar refractivity (Wildman–Crippen MR) is 69.2 cm³/mol. The fourth-order valence-electron chi connectivity index (χ4n) is 2.43. The molecule has 1 fully saturated rings. The molecule has 0 spiro atoms. The van der Waals surface area contributed by atoms with Crippen molar-refractivity contribution in [3.8, 4) is 5.75 Å². The average molecular weight is 302 g/mol. The number of carbonyl (C=O) groups is 1. The van der Waals surface area contributed by atoms with Crippen molar-refractivity contribution in [2.75, 3.05) is 13.4 Å². The molecule has 0 aromatic heterocycles. The molecular weight excluding hydrogens is 287 g/mol. The smallest absolute Gasteiger partial charge is 0.304 e. The monoisotopic (exact) mass is 302 g/mol. The summed E-state index contributed by atoms with van der Waals surface area (Å²) in [7, 11) is -2.37. The van der Waals surface area contributed by atoms with Gasteiger partial charge in [0, 0.05) is 17.2 Å². The summed E-state index contributed by atoms with van der Waals surface area (Å²) in [6, 6.07) is 2.07. The molecule has 0 heterocycles. The molecule has 2 rings (SSSR count). The highest BCUT2D eigenvalue weighted by molar-refractivity contribution is 7.90. The maximum Gasteiger partial charge on any atom is 0.304 e. The minimum atomic E-state index is -3.66. The highest BCUT2D eigenvalue weighted by Gasteiger charge is 2.48. The summed E-state index contributed by atoms with van der Waals surface area (Å²) in [5.74, 6) is -1.67. The minimum Gasteiger partial charge on any atom is -0.495 e. The number of sulfone groups is 1. The summed E-state index contributed by atoms with van der Waals surface area (Å²) in [5.41, 5.74) is -0.401. The number of carboxylic acids is 1. The summed E-state index contributed by atoms with van der Waals surface area (Å²) in [6.45, 7) is 0. The number of aliphatic carboxylic acids is 1. The lowest BCUT2D eigenvalue weighted by Gasteiger charge is -2.19. The van der Waals surface area contributed by atoms with Crippen LogP contribution in [-0.2, 0) is 20.0 Å². The summed E-state index contributed by atoms with van der Waals surface area (Å²) >= 11 is 0. The minimum absolute atomic E-state index is 0.0488. The van der Waals surface area contributed by atoms with Gasteiger partial charge in [0.1, 0.15) is 16.5 Å². The lowest BCUT2D eigenvalue weighted by atomic mass is 9.91. The van der Waals surface area contributed by atoms with E-state index in [2.05, 4.69) is 0 Å². The van der Waals surface area contributed by atoms with E-state index in [1.807, 2.05) is 0 Å². The number of carboxylic acid groups (broad SMARTS) is 1. The van der Waals surface area contributed by atoms with Crippen molar-refractivity contribution in [1.82, 2.24) is 0 Å². The van der Waals surface area contributed by atoms with Gasteiger partial charge in [-0.3, -0.25) is 4.79 Å². The van der Waals surface area contributed by atoms with Gasteiger partial charge in [0.15, 0.2) is 9.84 Å². The van der Waals surface area contributed by atoms with E-state index in [1.54, 1.807) is 0 Å². The van der Waals surface area contributed by atoms with E-state index in [-0.39, 0.29) is 17.1 Å². The molecule has 0 aliphatic heterocycles. The van der Waals surface area contributed by atoms with Crippen LogP contribution in [-0.4, -0.2) is 32.9 Å². The third-order valence-corrected chi connectivity index (χ3v) is 4.64. The Hall–Kier alpha value is -1.63. The zero-order chi connectivity index (χ0) is 15.1. The van der Waals surface area contributed by atoms with E-state index < -0.39 is 27.0 Å². The Morgan fingerprint density at radius 3 is 2.45 bits per heavy atom. The van der Waals surface area contributed by atoms with Crippen molar-refractivity contribution in [1.29, 1.82) is 0 Å². The van der Waals surface area contributed by atoms with Gasteiger partial charge in [0.05, 0.1) is 13.5 Å². The molecule has 1 saturated carbocycles. The van der Waals surface area contributed by atoms with Crippen molar-refractivity contribution in [3.05, 3.63) is 23.5 Å². The number of hydrogen-bond acceptors (Lipinski definition) is 4. The third-order valence-electron chi connectivity index (χ3n) is 3.54. The Morgan fingerprint density at radius 1 is 1.45 bits per heavy atom. The number of benzene rings is 1. The van der Waals surface area contributed by atoms with E-state index in [0.29, 0.717) is 18.4 Å². The number of hydrogen-bond donors (Lipinski definition) is 1. The maximum absolute atomic E-state index is 13.7. The molecular formula is C13H15FO5S. The first-order valence-electron chi connectivity index (χ1n) is 5.99. The quantitative estimate of drug-likeness (QED) is 0.896. The van der Waals surface area contributed by atoms with E-state index >= 15 is 0 Å². The number of halogens is 1. The van der Waals surface area contributed by atoms with Gasteiger partial charge < -0.3 is 9.84 Å². The Bertz CT molecular complexity index is 662. The highest BCUT2D eigenvalue weighted by atomic mass is 32.2.